The number of benzene rings is 1. The van der Waals surface area contributed by atoms with Crippen molar-refractivity contribution < 1.29 is 18.3 Å². The average Bonchev–Trinajstić information content (AvgIpc) is 3.11. The summed E-state index contributed by atoms with van der Waals surface area (Å²) in [5.74, 6) is 0.369. The van der Waals surface area contributed by atoms with E-state index in [-0.39, 0.29) is 41.5 Å². The van der Waals surface area contributed by atoms with E-state index in [9.17, 15) is 18.3 Å². The van der Waals surface area contributed by atoms with Crippen molar-refractivity contribution in [3.8, 4) is 0 Å². The summed E-state index contributed by atoms with van der Waals surface area (Å²) in [6.07, 6.45) is 4.28. The van der Waals surface area contributed by atoms with Crippen LogP contribution in [0, 0.1) is 11.8 Å². The van der Waals surface area contributed by atoms with Crippen LogP contribution in [-0.4, -0.2) is 43.1 Å². The Balaban J connectivity index is 1.59. The van der Waals surface area contributed by atoms with Crippen LogP contribution in [0.3, 0.4) is 0 Å². The van der Waals surface area contributed by atoms with E-state index in [4.69, 9.17) is 0 Å². The summed E-state index contributed by atoms with van der Waals surface area (Å²) < 4.78 is 25.0. The maximum Gasteiger partial charge on any atom is 0.234 e. The molecule has 1 saturated heterocycles. The monoisotopic (exact) mass is 408 g/mol. The number of hydrogen-bond donors (Lipinski definition) is 3. The van der Waals surface area contributed by atoms with Crippen LogP contribution < -0.4 is 10.0 Å². The van der Waals surface area contributed by atoms with Gasteiger partial charge in [-0.15, -0.1) is 11.8 Å². The highest BCUT2D eigenvalue weighted by atomic mass is 32.2. The minimum Gasteiger partial charge on any atom is -0.392 e. The van der Waals surface area contributed by atoms with Gasteiger partial charge in [-0.05, 0) is 35.3 Å². The number of thioether (sulfide) groups is 1. The summed E-state index contributed by atoms with van der Waals surface area (Å²) in [5, 5.41) is 15.9. The lowest BCUT2D eigenvalue weighted by molar-refractivity contribution is -0.126. The number of allylic oxidation sites excluding steroid dienone is 1. The summed E-state index contributed by atoms with van der Waals surface area (Å²) >= 11 is 1.56. The molecule has 1 aliphatic carbocycles. The first kappa shape index (κ1) is 19.0. The van der Waals surface area contributed by atoms with Crippen LogP contribution in [-0.2, 0) is 21.4 Å². The third-order valence-electron chi connectivity index (χ3n) is 5.88. The van der Waals surface area contributed by atoms with Gasteiger partial charge in [0.05, 0.1) is 17.6 Å². The van der Waals surface area contributed by atoms with Crippen LogP contribution >= 0.6 is 11.8 Å². The topological polar surface area (TPSA) is 95.5 Å². The molecule has 1 saturated carbocycles. The van der Waals surface area contributed by atoms with Crippen LogP contribution in [0.5, 0.6) is 0 Å². The zero-order chi connectivity index (χ0) is 19.2. The number of nitrogens with one attached hydrogen (secondary N) is 2. The molecule has 6 unspecified atom stereocenters. The molecule has 0 radical (unpaired) electrons. The van der Waals surface area contributed by atoms with E-state index >= 15 is 0 Å². The van der Waals surface area contributed by atoms with Crippen molar-refractivity contribution in [1.82, 2.24) is 10.0 Å². The molecule has 27 heavy (non-hydrogen) atoms. The molecule has 0 spiro atoms. The van der Waals surface area contributed by atoms with Gasteiger partial charge in [-0.2, -0.15) is 0 Å². The van der Waals surface area contributed by atoms with E-state index in [1.165, 1.54) is 0 Å². The molecule has 2 aliphatic heterocycles. The third kappa shape index (κ3) is 3.81. The van der Waals surface area contributed by atoms with E-state index in [2.05, 4.69) is 16.1 Å². The van der Waals surface area contributed by atoms with Crippen LogP contribution in [0.25, 0.3) is 0 Å². The lowest BCUT2D eigenvalue weighted by Gasteiger charge is -2.48. The molecule has 6 nitrogen and oxygen atoms in total. The van der Waals surface area contributed by atoms with Gasteiger partial charge in [-0.1, -0.05) is 30.3 Å². The van der Waals surface area contributed by atoms with Crippen molar-refractivity contribution in [3.05, 3.63) is 46.9 Å². The van der Waals surface area contributed by atoms with Crippen molar-refractivity contribution in [2.24, 2.45) is 11.8 Å². The second-order valence-corrected chi connectivity index (χ2v) is 10.5. The molecule has 8 heteroatoms. The molecule has 1 aromatic rings. The zero-order valence-electron chi connectivity index (χ0n) is 15.0. The number of fused-ring (bicyclic) bond motifs is 3. The Bertz CT molecular complexity index is 853. The molecule has 0 aromatic heterocycles. The molecule has 0 bridgehead atoms. The zero-order valence-corrected chi connectivity index (χ0v) is 16.7. The number of carbonyl (C=O) groups is 1. The Labute approximate surface area is 163 Å². The number of amides is 1. The first-order valence-electron chi connectivity index (χ1n) is 9.17. The van der Waals surface area contributed by atoms with E-state index in [1.807, 2.05) is 29.7 Å². The SMILES string of the molecule is CS(=O)(=O)NCc1ccc(C2C(O)CCC3NC(=O)C4SC=CC4C32)cc1. The van der Waals surface area contributed by atoms with Gasteiger partial charge in [-0.25, -0.2) is 13.1 Å². The predicted molar refractivity (Wildman–Crippen MR) is 106 cm³/mol. The highest BCUT2D eigenvalue weighted by molar-refractivity contribution is 8.03. The van der Waals surface area contributed by atoms with Crippen LogP contribution in [0.15, 0.2) is 35.7 Å². The molecule has 1 amide bonds. The summed E-state index contributed by atoms with van der Waals surface area (Å²) in [4.78, 5) is 12.4. The largest absolute Gasteiger partial charge is 0.392 e. The molecule has 2 heterocycles. The molecule has 6 atom stereocenters. The number of rotatable bonds is 4. The third-order valence-corrected chi connectivity index (χ3v) is 7.68. The highest BCUT2D eigenvalue weighted by Crippen LogP contribution is 2.50. The van der Waals surface area contributed by atoms with Crippen molar-refractivity contribution in [2.45, 2.75) is 42.7 Å². The van der Waals surface area contributed by atoms with Gasteiger partial charge in [0.1, 0.15) is 0 Å². The Morgan fingerprint density at radius 1 is 1.26 bits per heavy atom. The minimum absolute atomic E-state index is 0.0443. The van der Waals surface area contributed by atoms with Gasteiger partial charge >= 0.3 is 0 Å². The summed E-state index contributed by atoms with van der Waals surface area (Å²) in [6.45, 7) is 0.249. The van der Waals surface area contributed by atoms with Gasteiger partial charge < -0.3 is 10.4 Å². The quantitative estimate of drug-likeness (QED) is 0.699. The predicted octanol–water partition coefficient (Wildman–Crippen LogP) is 1.33. The normalized spacial score (nSPS) is 35.4. The van der Waals surface area contributed by atoms with Gasteiger partial charge in [0, 0.05) is 24.4 Å². The fourth-order valence-electron chi connectivity index (χ4n) is 4.67. The standard InChI is InChI=1S/C19H24N2O4S2/c1-27(24,25)20-10-11-2-4-12(5-3-11)16-15(22)7-6-14-17(16)13-8-9-26-18(13)19(23)21-14/h2-5,8-9,13-18,20,22H,6-7,10H2,1H3,(H,21,23). The molecule has 4 rings (SSSR count). The van der Waals surface area contributed by atoms with Crippen molar-refractivity contribution in [2.75, 3.05) is 6.26 Å². The number of aliphatic hydroxyl groups excluding tert-OH is 1. The van der Waals surface area contributed by atoms with E-state index in [0.717, 1.165) is 23.8 Å². The minimum atomic E-state index is -3.23. The number of aliphatic hydroxyl groups is 1. The summed E-state index contributed by atoms with van der Waals surface area (Å²) in [6, 6.07) is 7.85. The lowest BCUT2D eigenvalue weighted by Crippen LogP contribution is -2.59. The van der Waals surface area contributed by atoms with E-state index < -0.39 is 16.1 Å². The first-order valence-corrected chi connectivity index (χ1v) is 12.0. The smallest absolute Gasteiger partial charge is 0.234 e. The molecule has 3 aliphatic rings. The summed E-state index contributed by atoms with van der Waals surface area (Å²) in [5.41, 5.74) is 1.91. The maximum absolute atomic E-state index is 12.4. The van der Waals surface area contributed by atoms with Crippen molar-refractivity contribution in [3.63, 3.8) is 0 Å². The maximum atomic E-state index is 12.4. The van der Waals surface area contributed by atoms with Crippen LogP contribution in [0.2, 0.25) is 0 Å². The average molecular weight is 409 g/mol. The van der Waals surface area contributed by atoms with Crippen molar-refractivity contribution in [1.29, 1.82) is 0 Å². The Morgan fingerprint density at radius 3 is 2.70 bits per heavy atom. The number of sulfonamides is 1. The number of piperidine rings is 1. The number of hydrogen-bond acceptors (Lipinski definition) is 5. The lowest BCUT2D eigenvalue weighted by atomic mass is 9.63. The molecule has 2 fully saturated rings. The molecular weight excluding hydrogens is 384 g/mol. The van der Waals surface area contributed by atoms with Crippen LogP contribution in [0.1, 0.15) is 29.9 Å². The van der Waals surface area contributed by atoms with Gasteiger partial charge in [0.2, 0.25) is 15.9 Å². The first-order chi connectivity index (χ1) is 12.8. The molecule has 3 N–H and O–H groups in total. The molecule has 1 aromatic carbocycles. The Kier molecular flexibility index (Phi) is 5.09. The van der Waals surface area contributed by atoms with Gasteiger partial charge in [0.25, 0.3) is 0 Å². The Hall–Kier alpha value is -1.35. The van der Waals surface area contributed by atoms with Crippen LogP contribution in [0.4, 0.5) is 0 Å². The van der Waals surface area contributed by atoms with E-state index in [0.29, 0.717) is 6.42 Å². The van der Waals surface area contributed by atoms with E-state index in [1.54, 1.807) is 11.8 Å². The highest BCUT2D eigenvalue weighted by Gasteiger charge is 2.51. The summed E-state index contributed by atoms with van der Waals surface area (Å²) in [7, 11) is -3.23. The molecule has 146 valence electrons. The molecular formula is C19H24N2O4S2. The number of carbonyl (C=O) groups excluding carboxylic acids is 1. The fourth-order valence-corrected chi connectivity index (χ4v) is 6.18. The van der Waals surface area contributed by atoms with Gasteiger partial charge in [-0.3, -0.25) is 4.79 Å². The second kappa shape index (κ2) is 7.24. The Morgan fingerprint density at radius 2 is 2.00 bits per heavy atom. The van der Waals surface area contributed by atoms with Gasteiger partial charge in [0.15, 0.2) is 0 Å². The van der Waals surface area contributed by atoms with Crippen molar-refractivity contribution >= 4 is 27.7 Å². The fraction of sp³-hybridized carbons (Fsp3) is 0.526. The second-order valence-electron chi connectivity index (χ2n) is 7.66.